The summed E-state index contributed by atoms with van der Waals surface area (Å²) in [6, 6.07) is 0. The van der Waals surface area contributed by atoms with E-state index in [0.29, 0.717) is 13.2 Å². The highest BCUT2D eigenvalue weighted by atomic mass is 16.7. The molecule has 0 atom stereocenters. The van der Waals surface area contributed by atoms with E-state index in [0.717, 1.165) is 0 Å². The van der Waals surface area contributed by atoms with Crippen LogP contribution >= 0.6 is 0 Å². The van der Waals surface area contributed by atoms with Gasteiger partial charge in [0, 0.05) is 18.6 Å². The standard InChI is InChI=1S/C9H20O3/c1-5-11-8(12-6-2)9(3,4)7-10/h8,10H,5-7H2,1-4H3. The van der Waals surface area contributed by atoms with Crippen molar-refractivity contribution >= 4 is 0 Å². The fourth-order valence-corrected chi connectivity index (χ4v) is 0.877. The Balaban J connectivity index is 4.07. The minimum Gasteiger partial charge on any atom is -0.396 e. The highest BCUT2D eigenvalue weighted by molar-refractivity contribution is 4.71. The summed E-state index contributed by atoms with van der Waals surface area (Å²) in [7, 11) is 0. The topological polar surface area (TPSA) is 38.7 Å². The number of hydrogen-bond acceptors (Lipinski definition) is 3. The van der Waals surface area contributed by atoms with Gasteiger partial charge in [0.05, 0.1) is 6.61 Å². The number of ether oxygens (including phenoxy) is 2. The quantitative estimate of drug-likeness (QED) is 0.622. The minimum atomic E-state index is -0.327. The Morgan fingerprint density at radius 3 is 1.83 bits per heavy atom. The highest BCUT2D eigenvalue weighted by Gasteiger charge is 2.29. The largest absolute Gasteiger partial charge is 0.396 e. The Hall–Kier alpha value is -0.120. The van der Waals surface area contributed by atoms with Crippen molar-refractivity contribution in [3.8, 4) is 0 Å². The molecule has 0 aliphatic carbocycles. The molecule has 0 aromatic rings. The molecule has 0 aliphatic heterocycles. The van der Waals surface area contributed by atoms with Crippen molar-refractivity contribution in [2.75, 3.05) is 19.8 Å². The Labute approximate surface area is 74.7 Å². The fraction of sp³-hybridized carbons (Fsp3) is 1.00. The molecule has 0 amide bonds. The van der Waals surface area contributed by atoms with Crippen LogP contribution in [0.2, 0.25) is 0 Å². The van der Waals surface area contributed by atoms with Crippen LogP contribution in [0.25, 0.3) is 0 Å². The molecule has 3 heteroatoms. The van der Waals surface area contributed by atoms with Crippen LogP contribution in [0.5, 0.6) is 0 Å². The maximum absolute atomic E-state index is 9.06. The maximum atomic E-state index is 9.06. The van der Waals surface area contributed by atoms with E-state index in [1.165, 1.54) is 0 Å². The molecule has 74 valence electrons. The molecule has 0 heterocycles. The van der Waals surface area contributed by atoms with Crippen LogP contribution in [-0.2, 0) is 9.47 Å². The third kappa shape index (κ3) is 3.52. The average Bonchev–Trinajstić information content (AvgIpc) is 2.04. The molecule has 0 bridgehead atoms. The van der Waals surface area contributed by atoms with E-state index in [2.05, 4.69) is 0 Å². The van der Waals surface area contributed by atoms with Crippen LogP contribution in [-0.4, -0.2) is 31.2 Å². The SMILES string of the molecule is CCOC(OCC)C(C)(C)CO. The second kappa shape index (κ2) is 5.51. The van der Waals surface area contributed by atoms with Gasteiger partial charge >= 0.3 is 0 Å². The summed E-state index contributed by atoms with van der Waals surface area (Å²) in [4.78, 5) is 0. The van der Waals surface area contributed by atoms with Crippen LogP contribution in [0.1, 0.15) is 27.7 Å². The fourth-order valence-electron chi connectivity index (χ4n) is 0.877. The molecule has 0 saturated heterocycles. The lowest BCUT2D eigenvalue weighted by Crippen LogP contribution is -2.37. The summed E-state index contributed by atoms with van der Waals surface area (Å²) in [5, 5.41) is 9.06. The molecule has 1 N–H and O–H groups in total. The van der Waals surface area contributed by atoms with Crippen molar-refractivity contribution < 1.29 is 14.6 Å². The van der Waals surface area contributed by atoms with E-state index in [9.17, 15) is 0 Å². The summed E-state index contributed by atoms with van der Waals surface area (Å²) in [6.07, 6.45) is -0.308. The first-order valence-corrected chi connectivity index (χ1v) is 4.42. The van der Waals surface area contributed by atoms with Gasteiger partial charge < -0.3 is 14.6 Å². The monoisotopic (exact) mass is 176 g/mol. The molecular weight excluding hydrogens is 156 g/mol. The Bertz CT molecular complexity index is 106. The van der Waals surface area contributed by atoms with E-state index < -0.39 is 0 Å². The molecule has 0 aliphatic rings. The summed E-state index contributed by atoms with van der Waals surface area (Å²) in [6.45, 7) is 8.95. The van der Waals surface area contributed by atoms with Gasteiger partial charge in [0.25, 0.3) is 0 Å². The first-order valence-electron chi connectivity index (χ1n) is 4.42. The van der Waals surface area contributed by atoms with Crippen molar-refractivity contribution in [2.45, 2.75) is 34.0 Å². The van der Waals surface area contributed by atoms with Crippen LogP contribution in [0.4, 0.5) is 0 Å². The van der Waals surface area contributed by atoms with Gasteiger partial charge in [-0.3, -0.25) is 0 Å². The van der Waals surface area contributed by atoms with Crippen LogP contribution < -0.4 is 0 Å². The molecule has 0 spiro atoms. The number of aliphatic hydroxyl groups is 1. The third-order valence-electron chi connectivity index (χ3n) is 1.68. The Kier molecular flexibility index (Phi) is 5.46. The molecule has 3 nitrogen and oxygen atoms in total. The molecule has 0 fully saturated rings. The van der Waals surface area contributed by atoms with Crippen molar-refractivity contribution in [1.29, 1.82) is 0 Å². The van der Waals surface area contributed by atoms with Gasteiger partial charge in [0.2, 0.25) is 0 Å². The van der Waals surface area contributed by atoms with Gasteiger partial charge in [-0.2, -0.15) is 0 Å². The van der Waals surface area contributed by atoms with Gasteiger partial charge in [-0.15, -0.1) is 0 Å². The van der Waals surface area contributed by atoms with Gasteiger partial charge in [-0.05, 0) is 13.8 Å². The average molecular weight is 176 g/mol. The second-order valence-corrected chi connectivity index (χ2v) is 3.39. The zero-order chi connectivity index (χ0) is 9.61. The summed E-state index contributed by atoms with van der Waals surface area (Å²) in [5.41, 5.74) is -0.327. The number of rotatable bonds is 6. The van der Waals surface area contributed by atoms with Crippen molar-refractivity contribution in [3.63, 3.8) is 0 Å². The first-order chi connectivity index (χ1) is 5.58. The van der Waals surface area contributed by atoms with E-state index in [4.69, 9.17) is 14.6 Å². The molecule has 0 aromatic heterocycles. The molecule has 0 aromatic carbocycles. The van der Waals surface area contributed by atoms with Crippen molar-refractivity contribution in [1.82, 2.24) is 0 Å². The third-order valence-corrected chi connectivity index (χ3v) is 1.68. The highest BCUT2D eigenvalue weighted by Crippen LogP contribution is 2.23. The van der Waals surface area contributed by atoms with Gasteiger partial charge in [-0.1, -0.05) is 13.8 Å². The summed E-state index contributed by atoms with van der Waals surface area (Å²) in [5.74, 6) is 0. The Morgan fingerprint density at radius 1 is 1.17 bits per heavy atom. The summed E-state index contributed by atoms with van der Waals surface area (Å²) >= 11 is 0. The van der Waals surface area contributed by atoms with E-state index >= 15 is 0 Å². The normalized spacial score (nSPS) is 12.5. The van der Waals surface area contributed by atoms with E-state index in [1.54, 1.807) is 0 Å². The predicted octanol–water partition coefficient (Wildman–Crippen LogP) is 1.40. The lowest BCUT2D eigenvalue weighted by molar-refractivity contribution is -0.202. The molecule has 0 radical (unpaired) electrons. The van der Waals surface area contributed by atoms with Crippen molar-refractivity contribution in [3.05, 3.63) is 0 Å². The maximum Gasteiger partial charge on any atom is 0.164 e. The molecular formula is C9H20O3. The lowest BCUT2D eigenvalue weighted by Gasteiger charge is -2.31. The molecule has 0 unspecified atom stereocenters. The van der Waals surface area contributed by atoms with Gasteiger partial charge in [-0.25, -0.2) is 0 Å². The molecule has 12 heavy (non-hydrogen) atoms. The molecule has 0 rings (SSSR count). The number of aliphatic hydroxyl groups excluding tert-OH is 1. The molecule has 0 saturated carbocycles. The zero-order valence-corrected chi connectivity index (χ0v) is 8.46. The van der Waals surface area contributed by atoms with Gasteiger partial charge in [0.1, 0.15) is 0 Å². The predicted molar refractivity (Wildman–Crippen MR) is 47.9 cm³/mol. The van der Waals surface area contributed by atoms with E-state index in [1.807, 2.05) is 27.7 Å². The first kappa shape index (κ1) is 11.9. The smallest absolute Gasteiger partial charge is 0.164 e. The Morgan fingerprint density at radius 2 is 1.58 bits per heavy atom. The minimum absolute atomic E-state index is 0.0671. The van der Waals surface area contributed by atoms with Gasteiger partial charge in [0.15, 0.2) is 6.29 Å². The summed E-state index contributed by atoms with van der Waals surface area (Å²) < 4.78 is 10.7. The number of hydrogen-bond donors (Lipinski definition) is 1. The van der Waals surface area contributed by atoms with Crippen molar-refractivity contribution in [2.24, 2.45) is 5.41 Å². The van der Waals surface area contributed by atoms with Crippen LogP contribution in [0, 0.1) is 5.41 Å². The second-order valence-electron chi connectivity index (χ2n) is 3.39. The lowest BCUT2D eigenvalue weighted by atomic mass is 9.94. The van der Waals surface area contributed by atoms with Crippen LogP contribution in [0.15, 0.2) is 0 Å². The van der Waals surface area contributed by atoms with Crippen LogP contribution in [0.3, 0.4) is 0 Å². The zero-order valence-electron chi connectivity index (χ0n) is 8.46. The van der Waals surface area contributed by atoms with E-state index in [-0.39, 0.29) is 18.3 Å².